The van der Waals surface area contributed by atoms with E-state index in [1.165, 1.54) is 0 Å². The van der Waals surface area contributed by atoms with Crippen LogP contribution in [0.15, 0.2) is 45.4 Å². The fourth-order valence-electron chi connectivity index (χ4n) is 2.30. The van der Waals surface area contributed by atoms with E-state index in [2.05, 4.69) is 20.5 Å². The highest BCUT2D eigenvalue weighted by Gasteiger charge is 2.14. The second kappa shape index (κ2) is 4.83. The van der Waals surface area contributed by atoms with Crippen LogP contribution in [0.2, 0.25) is 0 Å². The first-order chi connectivity index (χ1) is 9.56. The average Bonchev–Trinajstić information content (AvgIpc) is 2.93. The van der Waals surface area contributed by atoms with E-state index >= 15 is 0 Å². The second-order valence-electron chi connectivity index (χ2n) is 4.62. The summed E-state index contributed by atoms with van der Waals surface area (Å²) >= 11 is 3.54. The van der Waals surface area contributed by atoms with Crippen molar-refractivity contribution in [3.05, 3.63) is 58.1 Å². The third-order valence-electron chi connectivity index (χ3n) is 3.31. The van der Waals surface area contributed by atoms with Gasteiger partial charge < -0.3 is 14.1 Å². The minimum absolute atomic E-state index is 0.0203. The molecule has 0 aliphatic rings. The van der Waals surface area contributed by atoms with Gasteiger partial charge in [-0.25, -0.2) is 4.79 Å². The van der Waals surface area contributed by atoms with Crippen LogP contribution in [-0.4, -0.2) is 15.6 Å². The zero-order chi connectivity index (χ0) is 14.3. The van der Waals surface area contributed by atoms with Gasteiger partial charge in [-0.05, 0) is 35.0 Å². The van der Waals surface area contributed by atoms with Gasteiger partial charge in [-0.15, -0.1) is 0 Å². The van der Waals surface area contributed by atoms with Crippen molar-refractivity contribution in [3.63, 3.8) is 0 Å². The zero-order valence-electron chi connectivity index (χ0n) is 10.8. The highest BCUT2D eigenvalue weighted by molar-refractivity contribution is 9.10. The Hall–Kier alpha value is -2.01. The molecule has 1 aromatic carbocycles. The molecule has 0 amide bonds. The molecule has 0 saturated carbocycles. The van der Waals surface area contributed by atoms with Crippen LogP contribution >= 0.6 is 15.9 Å². The lowest BCUT2D eigenvalue weighted by Gasteiger charge is -2.03. The summed E-state index contributed by atoms with van der Waals surface area (Å²) in [6, 6.07) is 9.63. The number of nitrogens with zero attached hydrogens (tertiary/aromatic N) is 1. The number of carboxylic acid groups (broad SMARTS) is 1. The van der Waals surface area contributed by atoms with Crippen molar-refractivity contribution in [1.82, 2.24) is 4.57 Å². The maximum Gasteiger partial charge on any atom is 0.371 e. The first-order valence-corrected chi connectivity index (χ1v) is 6.91. The molecule has 2 aromatic heterocycles. The monoisotopic (exact) mass is 333 g/mol. The number of aromatic carboxylic acids is 1. The second-order valence-corrected chi connectivity index (χ2v) is 5.47. The minimum atomic E-state index is -1.04. The van der Waals surface area contributed by atoms with Crippen LogP contribution in [0.1, 0.15) is 21.9 Å². The first kappa shape index (κ1) is 13.0. The SMILES string of the molecule is Cc1oc(C(=O)O)cc1Cn1cc(Br)c2ccccc21. The molecule has 0 aliphatic carbocycles. The van der Waals surface area contributed by atoms with Gasteiger partial charge in [-0.3, -0.25) is 0 Å². The van der Waals surface area contributed by atoms with Gasteiger partial charge in [-0.1, -0.05) is 18.2 Å². The molecule has 4 nitrogen and oxygen atoms in total. The normalized spacial score (nSPS) is 11.1. The Morgan fingerprint density at radius 1 is 1.40 bits per heavy atom. The summed E-state index contributed by atoms with van der Waals surface area (Å²) in [4.78, 5) is 10.9. The van der Waals surface area contributed by atoms with E-state index < -0.39 is 5.97 Å². The summed E-state index contributed by atoms with van der Waals surface area (Å²) in [6.45, 7) is 2.36. The van der Waals surface area contributed by atoms with Crippen molar-refractivity contribution in [1.29, 1.82) is 0 Å². The molecule has 0 spiro atoms. The fraction of sp³-hybridized carbons (Fsp3) is 0.133. The molecular formula is C15H12BrNO3. The van der Waals surface area contributed by atoms with E-state index in [1.807, 2.05) is 30.5 Å². The van der Waals surface area contributed by atoms with Gasteiger partial charge in [0.1, 0.15) is 5.76 Å². The van der Waals surface area contributed by atoms with Gasteiger partial charge in [0.2, 0.25) is 5.76 Å². The number of benzene rings is 1. The van der Waals surface area contributed by atoms with Crippen molar-refractivity contribution in [2.24, 2.45) is 0 Å². The standard InChI is InChI=1S/C15H12BrNO3/c1-9-10(6-14(20-9)15(18)19)7-17-8-12(16)11-4-2-3-5-13(11)17/h2-6,8H,7H2,1H3,(H,18,19). The number of fused-ring (bicyclic) bond motifs is 1. The molecule has 3 rings (SSSR count). The maximum absolute atomic E-state index is 10.9. The Morgan fingerprint density at radius 2 is 2.15 bits per heavy atom. The number of aryl methyl sites for hydroxylation is 1. The lowest BCUT2D eigenvalue weighted by atomic mass is 10.2. The van der Waals surface area contributed by atoms with Crippen molar-refractivity contribution < 1.29 is 14.3 Å². The molecule has 3 aromatic rings. The van der Waals surface area contributed by atoms with Gasteiger partial charge >= 0.3 is 5.97 Å². The highest BCUT2D eigenvalue weighted by atomic mass is 79.9. The number of carbonyl (C=O) groups is 1. The molecule has 0 unspecified atom stereocenters. The average molecular weight is 334 g/mol. The third-order valence-corrected chi connectivity index (χ3v) is 3.94. The lowest BCUT2D eigenvalue weighted by molar-refractivity contribution is 0.0661. The molecule has 0 radical (unpaired) electrons. The Morgan fingerprint density at radius 3 is 2.85 bits per heavy atom. The van der Waals surface area contributed by atoms with Crippen LogP contribution in [0.5, 0.6) is 0 Å². The Balaban J connectivity index is 2.03. The van der Waals surface area contributed by atoms with E-state index in [0.717, 1.165) is 20.9 Å². The highest BCUT2D eigenvalue weighted by Crippen LogP contribution is 2.27. The maximum atomic E-state index is 10.9. The van der Waals surface area contributed by atoms with E-state index in [9.17, 15) is 4.79 Å². The topological polar surface area (TPSA) is 55.4 Å². The summed E-state index contributed by atoms with van der Waals surface area (Å²) in [5.74, 6) is -0.428. The van der Waals surface area contributed by atoms with E-state index in [1.54, 1.807) is 13.0 Å². The molecule has 20 heavy (non-hydrogen) atoms. The third kappa shape index (κ3) is 2.14. The van der Waals surface area contributed by atoms with Crippen LogP contribution < -0.4 is 0 Å². The largest absolute Gasteiger partial charge is 0.475 e. The predicted molar refractivity (Wildman–Crippen MR) is 79.1 cm³/mol. The number of hydrogen-bond donors (Lipinski definition) is 1. The zero-order valence-corrected chi connectivity index (χ0v) is 12.3. The van der Waals surface area contributed by atoms with Crippen LogP contribution in [0, 0.1) is 6.92 Å². The summed E-state index contributed by atoms with van der Waals surface area (Å²) in [6.07, 6.45) is 2.00. The molecule has 0 bridgehead atoms. The summed E-state index contributed by atoms with van der Waals surface area (Å²) < 4.78 is 8.34. The predicted octanol–water partition coefficient (Wildman–Crippen LogP) is 4.05. The number of aromatic nitrogens is 1. The van der Waals surface area contributed by atoms with Crippen molar-refractivity contribution in [2.45, 2.75) is 13.5 Å². The van der Waals surface area contributed by atoms with Crippen LogP contribution in [0.4, 0.5) is 0 Å². The Labute approximate surface area is 123 Å². The van der Waals surface area contributed by atoms with E-state index in [0.29, 0.717) is 12.3 Å². The smallest absolute Gasteiger partial charge is 0.371 e. The molecule has 0 saturated heterocycles. The molecule has 0 aliphatic heterocycles. The number of carboxylic acids is 1. The van der Waals surface area contributed by atoms with Crippen LogP contribution in [-0.2, 0) is 6.54 Å². The van der Waals surface area contributed by atoms with Gasteiger partial charge in [0.25, 0.3) is 0 Å². The number of furan rings is 1. The van der Waals surface area contributed by atoms with Crippen LogP contribution in [0.3, 0.4) is 0 Å². The molecule has 0 atom stereocenters. The van der Waals surface area contributed by atoms with Gasteiger partial charge in [0.05, 0.1) is 6.54 Å². The Kier molecular flexibility index (Phi) is 3.14. The first-order valence-electron chi connectivity index (χ1n) is 6.12. The molecule has 5 heteroatoms. The van der Waals surface area contributed by atoms with Gasteiger partial charge in [-0.2, -0.15) is 0 Å². The van der Waals surface area contributed by atoms with Crippen LogP contribution in [0.25, 0.3) is 10.9 Å². The molecule has 2 heterocycles. The number of para-hydroxylation sites is 1. The summed E-state index contributed by atoms with van der Waals surface area (Å²) in [7, 11) is 0. The number of halogens is 1. The van der Waals surface area contributed by atoms with Crippen molar-refractivity contribution >= 4 is 32.8 Å². The molecule has 102 valence electrons. The van der Waals surface area contributed by atoms with Gasteiger partial charge in [0.15, 0.2) is 0 Å². The summed E-state index contributed by atoms with van der Waals surface area (Å²) in [5.41, 5.74) is 1.97. The van der Waals surface area contributed by atoms with Crippen molar-refractivity contribution in [3.8, 4) is 0 Å². The van der Waals surface area contributed by atoms with Gasteiger partial charge in [0, 0.05) is 27.1 Å². The minimum Gasteiger partial charge on any atom is -0.475 e. The van der Waals surface area contributed by atoms with E-state index in [-0.39, 0.29) is 5.76 Å². The molecular weight excluding hydrogens is 322 g/mol. The Bertz CT molecular complexity index is 801. The number of rotatable bonds is 3. The lowest BCUT2D eigenvalue weighted by Crippen LogP contribution is -1.98. The van der Waals surface area contributed by atoms with Crippen molar-refractivity contribution in [2.75, 3.05) is 0 Å². The fourth-order valence-corrected chi connectivity index (χ4v) is 2.88. The quantitative estimate of drug-likeness (QED) is 0.786. The molecule has 1 N–H and O–H groups in total. The number of hydrogen-bond acceptors (Lipinski definition) is 2. The van der Waals surface area contributed by atoms with E-state index in [4.69, 9.17) is 9.52 Å². The summed E-state index contributed by atoms with van der Waals surface area (Å²) in [5, 5.41) is 10.1. The molecule has 0 fully saturated rings.